The SMILES string of the molecule is CSCCC(NC(=O)CCCCCn1cc(-c2ccc(Cl)cc2Cl)nc1[C@H](Cc1ccc(Oc2ccc(C(=O)O)cc2)cc1)NC(=O)OC(C)(C)C)C(=O)O. The summed E-state index contributed by atoms with van der Waals surface area (Å²) in [4.78, 5) is 53.5. The Morgan fingerprint density at radius 2 is 1.58 bits per heavy atom. The number of aliphatic carboxylic acids is 1. The number of benzene rings is 3. The predicted octanol–water partition coefficient (Wildman–Crippen LogP) is 9.04. The minimum Gasteiger partial charge on any atom is -0.480 e. The van der Waals surface area contributed by atoms with E-state index in [0.717, 1.165) is 5.56 Å². The first-order valence-corrected chi connectivity index (χ1v) is 19.9. The molecule has 1 unspecified atom stereocenters. The van der Waals surface area contributed by atoms with Crippen LogP contribution in [0, 0.1) is 0 Å². The highest BCUT2D eigenvalue weighted by Crippen LogP contribution is 2.32. The van der Waals surface area contributed by atoms with Crippen molar-refractivity contribution < 1.29 is 38.9 Å². The van der Waals surface area contributed by atoms with E-state index in [1.165, 1.54) is 23.9 Å². The lowest BCUT2D eigenvalue weighted by Gasteiger charge is -2.24. The van der Waals surface area contributed by atoms with Crippen LogP contribution in [0.15, 0.2) is 72.9 Å². The smallest absolute Gasteiger partial charge is 0.408 e. The third-order valence-electron chi connectivity index (χ3n) is 8.26. The Hall–Kier alpha value is -4.72. The number of aromatic carboxylic acids is 1. The van der Waals surface area contributed by atoms with E-state index in [-0.39, 0.29) is 17.9 Å². The Morgan fingerprint density at radius 3 is 2.18 bits per heavy atom. The molecule has 4 N–H and O–H groups in total. The number of nitrogens with one attached hydrogen (secondary N) is 2. The van der Waals surface area contributed by atoms with E-state index in [4.69, 9.17) is 37.7 Å². The van der Waals surface area contributed by atoms with Gasteiger partial charge in [-0.3, -0.25) is 4.79 Å². The second-order valence-electron chi connectivity index (χ2n) is 13.8. The highest BCUT2D eigenvalue weighted by Gasteiger charge is 2.26. The van der Waals surface area contributed by atoms with Gasteiger partial charge in [0.1, 0.15) is 29.0 Å². The zero-order valence-corrected chi connectivity index (χ0v) is 33.5. The maximum absolute atomic E-state index is 13.2. The predicted molar refractivity (Wildman–Crippen MR) is 214 cm³/mol. The normalized spacial score (nSPS) is 12.4. The van der Waals surface area contributed by atoms with Gasteiger partial charge in [-0.2, -0.15) is 11.8 Å². The van der Waals surface area contributed by atoms with Crippen molar-refractivity contribution in [2.75, 3.05) is 12.0 Å². The number of carboxylic acid groups (broad SMARTS) is 2. The number of carbonyl (C=O) groups is 4. The van der Waals surface area contributed by atoms with Crippen molar-refractivity contribution in [3.63, 3.8) is 0 Å². The number of ether oxygens (including phenoxy) is 2. The van der Waals surface area contributed by atoms with Gasteiger partial charge in [0, 0.05) is 36.2 Å². The molecule has 2 amide bonds. The summed E-state index contributed by atoms with van der Waals surface area (Å²) in [6.45, 7) is 5.84. The number of rotatable bonds is 19. The number of halogens is 2. The molecule has 0 saturated heterocycles. The van der Waals surface area contributed by atoms with Gasteiger partial charge in [-0.05, 0) is 112 Å². The number of carbonyl (C=O) groups excluding carboxylic acids is 2. The lowest BCUT2D eigenvalue weighted by atomic mass is 10.0. The van der Waals surface area contributed by atoms with Crippen LogP contribution in [0.2, 0.25) is 10.0 Å². The van der Waals surface area contributed by atoms with Gasteiger partial charge in [-0.1, -0.05) is 41.8 Å². The molecular formula is C40H46Cl2N4O8S. The average molecular weight is 814 g/mol. The number of amides is 2. The summed E-state index contributed by atoms with van der Waals surface area (Å²) in [6.07, 6.45) is 5.92. The third kappa shape index (κ3) is 13.8. The molecule has 0 aliphatic heterocycles. The number of aryl methyl sites for hydroxylation is 1. The maximum atomic E-state index is 13.2. The van der Waals surface area contributed by atoms with Gasteiger partial charge in [0.15, 0.2) is 0 Å². The molecule has 0 bridgehead atoms. The van der Waals surface area contributed by atoms with Crippen LogP contribution in [0.5, 0.6) is 11.5 Å². The van der Waals surface area contributed by atoms with Crippen molar-refractivity contribution in [1.29, 1.82) is 0 Å². The number of hydrogen-bond acceptors (Lipinski definition) is 8. The van der Waals surface area contributed by atoms with Crippen LogP contribution < -0.4 is 15.4 Å². The standard InChI is InChI=1S/C40H46Cl2N4O8S/c1-40(2,3)54-39(52)45-33(22-25-9-14-28(15-10-25)53-29-16-11-26(12-17-29)37(48)49)36-44-34(30-18-13-27(41)23-31(30)42)24-46(36)20-7-5-6-8-35(47)43-32(38(50)51)19-21-55-4/h9-18,23-24,32-33H,5-8,19-22H2,1-4H3,(H,43,47)(H,45,52)(H,48,49)(H,50,51)/t32?,33-/m0/s1. The van der Waals surface area contributed by atoms with Crippen LogP contribution in [0.1, 0.15) is 80.7 Å². The largest absolute Gasteiger partial charge is 0.480 e. The number of carboxylic acids is 2. The third-order valence-corrected chi connectivity index (χ3v) is 9.46. The molecule has 4 aromatic rings. The van der Waals surface area contributed by atoms with E-state index in [2.05, 4.69) is 10.6 Å². The minimum atomic E-state index is -1.05. The van der Waals surface area contributed by atoms with Gasteiger partial charge >= 0.3 is 18.0 Å². The quantitative estimate of drug-likeness (QED) is 0.0671. The van der Waals surface area contributed by atoms with Crippen LogP contribution in [-0.2, 0) is 27.3 Å². The molecule has 2 atom stereocenters. The fourth-order valence-electron chi connectivity index (χ4n) is 5.61. The highest BCUT2D eigenvalue weighted by atomic mass is 35.5. The van der Waals surface area contributed by atoms with Crippen molar-refractivity contribution in [3.05, 3.63) is 99.9 Å². The molecule has 294 valence electrons. The molecule has 1 aromatic heterocycles. The highest BCUT2D eigenvalue weighted by molar-refractivity contribution is 7.98. The zero-order valence-electron chi connectivity index (χ0n) is 31.1. The lowest BCUT2D eigenvalue weighted by Crippen LogP contribution is -2.41. The molecule has 0 saturated carbocycles. The first-order valence-electron chi connectivity index (χ1n) is 17.7. The molecule has 0 aliphatic carbocycles. The summed E-state index contributed by atoms with van der Waals surface area (Å²) in [5, 5.41) is 25.2. The number of imidazole rings is 1. The monoisotopic (exact) mass is 812 g/mol. The summed E-state index contributed by atoms with van der Waals surface area (Å²) in [5.74, 6) is -0.166. The van der Waals surface area contributed by atoms with Gasteiger partial charge in [-0.15, -0.1) is 0 Å². The summed E-state index contributed by atoms with van der Waals surface area (Å²) < 4.78 is 13.5. The molecule has 0 radical (unpaired) electrons. The van der Waals surface area contributed by atoms with Gasteiger partial charge in [-0.25, -0.2) is 19.4 Å². The number of thioether (sulfide) groups is 1. The van der Waals surface area contributed by atoms with E-state index in [1.807, 2.05) is 29.2 Å². The van der Waals surface area contributed by atoms with Crippen LogP contribution in [0.4, 0.5) is 4.79 Å². The Morgan fingerprint density at radius 1 is 0.909 bits per heavy atom. The number of nitrogens with zero attached hydrogens (tertiary/aromatic N) is 2. The molecule has 12 nitrogen and oxygen atoms in total. The van der Waals surface area contributed by atoms with E-state index in [0.29, 0.717) is 83.0 Å². The molecule has 0 spiro atoms. The summed E-state index contributed by atoms with van der Waals surface area (Å²) >= 11 is 14.3. The Bertz CT molecular complexity index is 1930. The molecule has 55 heavy (non-hydrogen) atoms. The average Bonchev–Trinajstić information content (AvgIpc) is 3.53. The topological polar surface area (TPSA) is 169 Å². The van der Waals surface area contributed by atoms with Gasteiger partial charge in [0.05, 0.1) is 22.3 Å². The maximum Gasteiger partial charge on any atom is 0.408 e. The van der Waals surface area contributed by atoms with Crippen LogP contribution in [-0.4, -0.2) is 67.4 Å². The molecule has 1 heterocycles. The van der Waals surface area contributed by atoms with E-state index in [1.54, 1.807) is 63.2 Å². The first kappa shape index (κ1) is 43.0. The number of aromatic nitrogens is 2. The van der Waals surface area contributed by atoms with E-state index in [9.17, 15) is 29.4 Å². The van der Waals surface area contributed by atoms with Crippen molar-refractivity contribution in [2.24, 2.45) is 0 Å². The Balaban J connectivity index is 1.56. The number of alkyl carbamates (subject to hydrolysis) is 1. The molecule has 3 aromatic carbocycles. The zero-order chi connectivity index (χ0) is 40.1. The Labute approximate surface area is 334 Å². The van der Waals surface area contributed by atoms with E-state index < -0.39 is 35.7 Å². The van der Waals surface area contributed by atoms with Crippen LogP contribution in [0.3, 0.4) is 0 Å². The van der Waals surface area contributed by atoms with Crippen molar-refractivity contribution >= 4 is 58.9 Å². The second kappa shape index (κ2) is 20.3. The fraction of sp³-hybridized carbons (Fsp3) is 0.375. The van der Waals surface area contributed by atoms with Crippen LogP contribution >= 0.6 is 35.0 Å². The summed E-state index contributed by atoms with van der Waals surface area (Å²) in [7, 11) is 0. The van der Waals surface area contributed by atoms with Crippen molar-refractivity contribution in [2.45, 2.75) is 83.5 Å². The molecule has 4 rings (SSSR count). The molecule has 15 heteroatoms. The van der Waals surface area contributed by atoms with E-state index >= 15 is 0 Å². The minimum absolute atomic E-state index is 0.154. The van der Waals surface area contributed by atoms with Crippen molar-refractivity contribution in [3.8, 4) is 22.8 Å². The summed E-state index contributed by atoms with van der Waals surface area (Å²) in [5.41, 5.74) is 1.50. The second-order valence-corrected chi connectivity index (χ2v) is 15.7. The van der Waals surface area contributed by atoms with Gasteiger partial charge in [0.25, 0.3) is 0 Å². The Kier molecular flexibility index (Phi) is 15.9. The van der Waals surface area contributed by atoms with Crippen LogP contribution in [0.25, 0.3) is 11.3 Å². The van der Waals surface area contributed by atoms with Gasteiger partial charge in [0.2, 0.25) is 5.91 Å². The first-order chi connectivity index (χ1) is 26.1. The molecular weight excluding hydrogens is 767 g/mol. The fourth-order valence-corrected chi connectivity index (χ4v) is 6.58. The number of unbranched alkanes of at least 4 members (excludes halogenated alkanes) is 2. The van der Waals surface area contributed by atoms with Gasteiger partial charge < -0.3 is 34.9 Å². The number of hydrogen-bond donors (Lipinski definition) is 4. The molecule has 0 aliphatic rings. The van der Waals surface area contributed by atoms with Crippen molar-refractivity contribution in [1.82, 2.24) is 20.2 Å². The lowest BCUT2D eigenvalue weighted by molar-refractivity contribution is -0.141. The summed E-state index contributed by atoms with van der Waals surface area (Å²) in [6, 6.07) is 17.0. The molecule has 0 fully saturated rings.